The van der Waals surface area contributed by atoms with Gasteiger partial charge in [-0.05, 0) is 36.6 Å². The molecule has 6 nitrogen and oxygen atoms in total. The van der Waals surface area contributed by atoms with E-state index in [0.29, 0.717) is 38.2 Å². The number of H-pyrrole nitrogens is 1. The number of nitrogens with one attached hydrogen (secondary N) is 1. The van der Waals surface area contributed by atoms with Crippen LogP contribution in [0.1, 0.15) is 34.6 Å². The molecule has 6 heteroatoms. The fourth-order valence-corrected chi connectivity index (χ4v) is 3.50. The van der Waals surface area contributed by atoms with Crippen LogP contribution in [0.4, 0.5) is 0 Å². The van der Waals surface area contributed by atoms with Gasteiger partial charge in [0.1, 0.15) is 12.4 Å². The monoisotopic (exact) mass is 377 g/mol. The van der Waals surface area contributed by atoms with Crippen LogP contribution in [0.25, 0.3) is 0 Å². The zero-order valence-corrected chi connectivity index (χ0v) is 15.5. The summed E-state index contributed by atoms with van der Waals surface area (Å²) in [7, 11) is 0. The number of rotatable bonds is 5. The number of ether oxygens (including phenoxy) is 1. The van der Waals surface area contributed by atoms with Gasteiger partial charge < -0.3 is 14.7 Å². The van der Waals surface area contributed by atoms with Crippen molar-refractivity contribution in [3.05, 3.63) is 83.7 Å². The molecule has 1 amide bonds. The second-order valence-corrected chi connectivity index (χ2v) is 7.07. The zero-order chi connectivity index (χ0) is 19.4. The van der Waals surface area contributed by atoms with Gasteiger partial charge in [-0.15, -0.1) is 0 Å². The summed E-state index contributed by atoms with van der Waals surface area (Å²) in [5.74, 6) is 0.638. The fourth-order valence-electron chi connectivity index (χ4n) is 3.50. The molecule has 0 unspecified atom stereocenters. The van der Waals surface area contributed by atoms with Gasteiger partial charge >= 0.3 is 0 Å². The molecule has 2 aromatic carbocycles. The first-order valence-corrected chi connectivity index (χ1v) is 9.43. The van der Waals surface area contributed by atoms with Crippen molar-refractivity contribution in [2.45, 2.75) is 25.0 Å². The van der Waals surface area contributed by atoms with Crippen molar-refractivity contribution in [2.75, 3.05) is 13.1 Å². The minimum Gasteiger partial charge on any atom is -0.487 e. The molecule has 0 saturated carbocycles. The minimum absolute atomic E-state index is 0.127. The van der Waals surface area contributed by atoms with E-state index in [-0.39, 0.29) is 5.91 Å². The van der Waals surface area contributed by atoms with Gasteiger partial charge in [-0.1, -0.05) is 48.5 Å². The quantitative estimate of drug-likeness (QED) is 0.716. The van der Waals surface area contributed by atoms with Crippen molar-refractivity contribution in [1.29, 1.82) is 0 Å². The second-order valence-electron chi connectivity index (χ2n) is 7.07. The summed E-state index contributed by atoms with van der Waals surface area (Å²) < 4.78 is 5.68. The summed E-state index contributed by atoms with van der Waals surface area (Å²) in [5, 5.41) is 17.9. The molecular formula is C22H23N3O3. The summed E-state index contributed by atoms with van der Waals surface area (Å²) in [6.07, 6.45) is 1.02. The van der Waals surface area contributed by atoms with Crippen molar-refractivity contribution in [2.24, 2.45) is 0 Å². The number of piperidine rings is 1. The first kappa shape index (κ1) is 18.3. The average molecular weight is 377 g/mol. The van der Waals surface area contributed by atoms with E-state index >= 15 is 0 Å². The van der Waals surface area contributed by atoms with E-state index in [1.54, 1.807) is 11.0 Å². The number of likely N-dealkylation sites (tertiary alicyclic amines) is 1. The smallest absolute Gasteiger partial charge is 0.274 e. The van der Waals surface area contributed by atoms with Crippen molar-refractivity contribution in [3.63, 3.8) is 0 Å². The lowest BCUT2D eigenvalue weighted by Crippen LogP contribution is -2.45. The predicted octanol–water partition coefficient (Wildman–Crippen LogP) is 3.11. The van der Waals surface area contributed by atoms with Gasteiger partial charge in [0.25, 0.3) is 5.91 Å². The molecule has 28 heavy (non-hydrogen) atoms. The molecule has 0 spiro atoms. The number of aromatic amines is 1. The third-order valence-electron chi connectivity index (χ3n) is 5.18. The number of aliphatic hydroxyl groups is 1. The van der Waals surface area contributed by atoms with Crippen LogP contribution < -0.4 is 4.74 Å². The normalized spacial score (nSPS) is 16.0. The second kappa shape index (κ2) is 7.86. The molecule has 1 saturated heterocycles. The maximum atomic E-state index is 12.8. The summed E-state index contributed by atoms with van der Waals surface area (Å²) in [5.41, 5.74) is 1.14. The number of carbonyl (C=O) groups is 1. The third kappa shape index (κ3) is 3.92. The molecule has 0 aliphatic carbocycles. The highest BCUT2D eigenvalue weighted by atomic mass is 16.5. The maximum Gasteiger partial charge on any atom is 0.274 e. The Balaban J connectivity index is 1.35. The Hall–Kier alpha value is -3.12. The van der Waals surface area contributed by atoms with E-state index in [2.05, 4.69) is 10.2 Å². The number of hydrogen-bond donors (Lipinski definition) is 2. The van der Waals surface area contributed by atoms with Crippen LogP contribution in [0.2, 0.25) is 0 Å². The van der Waals surface area contributed by atoms with Gasteiger partial charge in [-0.3, -0.25) is 9.89 Å². The van der Waals surface area contributed by atoms with Gasteiger partial charge in [-0.2, -0.15) is 5.10 Å². The number of amides is 1. The Morgan fingerprint density at radius 2 is 1.71 bits per heavy atom. The first-order chi connectivity index (χ1) is 13.6. The lowest BCUT2D eigenvalue weighted by molar-refractivity contribution is -0.0212. The summed E-state index contributed by atoms with van der Waals surface area (Å²) in [4.78, 5) is 14.5. The van der Waals surface area contributed by atoms with Gasteiger partial charge in [0.05, 0.1) is 11.3 Å². The lowest BCUT2D eigenvalue weighted by atomic mass is 9.84. The Morgan fingerprint density at radius 1 is 1.07 bits per heavy atom. The summed E-state index contributed by atoms with van der Waals surface area (Å²) >= 11 is 0. The van der Waals surface area contributed by atoms with E-state index in [9.17, 15) is 9.90 Å². The van der Waals surface area contributed by atoms with E-state index in [4.69, 9.17) is 4.74 Å². The molecule has 0 atom stereocenters. The highest BCUT2D eigenvalue weighted by Gasteiger charge is 2.35. The number of hydrogen-bond acceptors (Lipinski definition) is 4. The highest BCUT2D eigenvalue weighted by Crippen LogP contribution is 2.33. The standard InChI is InChI=1S/C22H23N3O3/c26-21(20-15-18(23-24-20)16-28-19-9-5-2-6-10-19)25-13-11-22(27,12-14-25)17-7-3-1-4-8-17/h1-10,15,27H,11-14,16H2,(H,23,24). The van der Waals surface area contributed by atoms with E-state index < -0.39 is 5.60 Å². The van der Waals surface area contributed by atoms with Crippen LogP contribution >= 0.6 is 0 Å². The van der Waals surface area contributed by atoms with Crippen LogP contribution in [-0.2, 0) is 12.2 Å². The molecule has 1 aromatic heterocycles. The molecule has 0 radical (unpaired) electrons. The molecule has 1 aliphatic heterocycles. The van der Waals surface area contributed by atoms with Crippen molar-refractivity contribution in [3.8, 4) is 5.75 Å². The fraction of sp³-hybridized carbons (Fsp3) is 0.273. The molecule has 4 rings (SSSR count). The van der Waals surface area contributed by atoms with Crippen LogP contribution in [0.15, 0.2) is 66.7 Å². The number of para-hydroxylation sites is 1. The lowest BCUT2D eigenvalue weighted by Gasteiger charge is -2.38. The number of carbonyl (C=O) groups excluding carboxylic acids is 1. The van der Waals surface area contributed by atoms with Gasteiger partial charge in [0.2, 0.25) is 0 Å². The number of benzene rings is 2. The Labute approximate surface area is 163 Å². The molecule has 0 bridgehead atoms. The van der Waals surface area contributed by atoms with Crippen LogP contribution in [-0.4, -0.2) is 39.2 Å². The first-order valence-electron chi connectivity index (χ1n) is 9.43. The SMILES string of the molecule is O=C(c1cc(COc2ccccc2)[nH]n1)N1CCC(O)(c2ccccc2)CC1. The molecular weight excluding hydrogens is 354 g/mol. The van der Waals surface area contributed by atoms with Gasteiger partial charge in [0.15, 0.2) is 5.69 Å². The Morgan fingerprint density at radius 3 is 2.39 bits per heavy atom. The minimum atomic E-state index is -0.877. The molecule has 1 fully saturated rings. The van der Waals surface area contributed by atoms with Crippen molar-refractivity contribution >= 4 is 5.91 Å². The molecule has 2 heterocycles. The summed E-state index contributed by atoms with van der Waals surface area (Å²) in [6, 6.07) is 20.9. The van der Waals surface area contributed by atoms with Gasteiger partial charge in [0, 0.05) is 13.1 Å². The van der Waals surface area contributed by atoms with Crippen molar-refractivity contribution < 1.29 is 14.6 Å². The maximum absolute atomic E-state index is 12.8. The zero-order valence-electron chi connectivity index (χ0n) is 15.5. The Bertz CT molecular complexity index is 916. The van der Waals surface area contributed by atoms with Crippen LogP contribution in [0.3, 0.4) is 0 Å². The van der Waals surface area contributed by atoms with Crippen LogP contribution in [0.5, 0.6) is 5.75 Å². The third-order valence-corrected chi connectivity index (χ3v) is 5.18. The molecule has 144 valence electrons. The average Bonchev–Trinajstić information content (AvgIpc) is 3.23. The van der Waals surface area contributed by atoms with Crippen molar-refractivity contribution in [1.82, 2.24) is 15.1 Å². The number of nitrogens with zero attached hydrogens (tertiary/aromatic N) is 2. The summed E-state index contributed by atoms with van der Waals surface area (Å²) in [6.45, 7) is 1.30. The van der Waals surface area contributed by atoms with E-state index in [1.807, 2.05) is 60.7 Å². The molecule has 1 aliphatic rings. The van der Waals surface area contributed by atoms with Gasteiger partial charge in [-0.25, -0.2) is 0 Å². The molecule has 2 N–H and O–H groups in total. The van der Waals surface area contributed by atoms with E-state index in [1.165, 1.54) is 0 Å². The highest BCUT2D eigenvalue weighted by molar-refractivity contribution is 5.92. The largest absolute Gasteiger partial charge is 0.487 e. The number of aromatic nitrogens is 2. The Kier molecular flexibility index (Phi) is 5.12. The molecule has 3 aromatic rings. The predicted molar refractivity (Wildman–Crippen MR) is 105 cm³/mol. The topological polar surface area (TPSA) is 78.5 Å². The van der Waals surface area contributed by atoms with Crippen LogP contribution in [0, 0.1) is 0 Å². The van der Waals surface area contributed by atoms with E-state index in [0.717, 1.165) is 17.0 Å².